The summed E-state index contributed by atoms with van der Waals surface area (Å²) in [5.74, 6) is -2.57. The summed E-state index contributed by atoms with van der Waals surface area (Å²) in [6, 6.07) is 5.34. The van der Waals surface area contributed by atoms with E-state index in [0.717, 1.165) is 11.3 Å². The first-order valence-electron chi connectivity index (χ1n) is 5.17. The first-order chi connectivity index (χ1) is 9.29. The fourth-order valence-electron chi connectivity index (χ4n) is 1.42. The molecule has 1 heterocycles. The lowest BCUT2D eigenvalue weighted by Gasteiger charge is -2.17. The van der Waals surface area contributed by atoms with Crippen molar-refractivity contribution in [2.75, 3.05) is 0 Å². The maximum absolute atomic E-state index is 13.4. The number of alkyl halides is 1. The first kappa shape index (κ1) is 14.7. The normalized spacial score (nSPS) is 15.6. The molecule has 0 amide bonds. The zero-order valence-corrected chi connectivity index (χ0v) is 11.4. The minimum atomic E-state index is -5.14. The van der Waals surface area contributed by atoms with Gasteiger partial charge in [-0.25, -0.2) is 9.37 Å². The summed E-state index contributed by atoms with van der Waals surface area (Å²) in [6.07, 6.45) is 0. The van der Waals surface area contributed by atoms with Crippen LogP contribution in [0.2, 0.25) is 0 Å². The molecule has 20 heavy (non-hydrogen) atoms. The molecule has 2 rings (SSSR count). The number of rotatable bonds is 4. The largest absolute Gasteiger partial charge is 0.776 e. The van der Waals surface area contributed by atoms with Crippen molar-refractivity contribution in [1.82, 2.24) is 4.98 Å². The summed E-state index contributed by atoms with van der Waals surface area (Å²) in [7, 11) is -5.14. The van der Waals surface area contributed by atoms with E-state index in [1.54, 1.807) is 0 Å². The van der Waals surface area contributed by atoms with Gasteiger partial charge in [0.15, 0.2) is 7.60 Å². The second kappa shape index (κ2) is 5.37. The molecule has 1 N–H and O–H groups in total. The third kappa shape index (κ3) is 3.07. The van der Waals surface area contributed by atoms with Crippen LogP contribution in [0.1, 0.15) is 10.9 Å². The fourth-order valence-corrected chi connectivity index (χ4v) is 3.03. The zero-order valence-electron chi connectivity index (χ0n) is 9.67. The summed E-state index contributed by atoms with van der Waals surface area (Å²) < 4.78 is 24.1. The lowest BCUT2D eigenvalue weighted by molar-refractivity contribution is -0.384. The van der Waals surface area contributed by atoms with E-state index >= 15 is 0 Å². The van der Waals surface area contributed by atoms with Crippen molar-refractivity contribution in [3.05, 3.63) is 44.8 Å². The first-order valence-corrected chi connectivity index (χ1v) is 7.69. The highest BCUT2D eigenvalue weighted by molar-refractivity contribution is 7.50. The fraction of sp³-hybridized carbons (Fsp3) is 0.100. The van der Waals surface area contributed by atoms with Gasteiger partial charge in [0, 0.05) is 23.1 Å². The van der Waals surface area contributed by atoms with Crippen molar-refractivity contribution in [3.63, 3.8) is 0 Å². The maximum atomic E-state index is 13.4. The van der Waals surface area contributed by atoms with Crippen molar-refractivity contribution in [1.29, 1.82) is 0 Å². The lowest BCUT2D eigenvalue weighted by atomic mass is 10.1. The maximum Gasteiger partial charge on any atom is 0.269 e. The molecule has 0 aliphatic heterocycles. The van der Waals surface area contributed by atoms with E-state index in [9.17, 15) is 24.0 Å². The number of hydrogen-bond acceptors (Lipinski definition) is 6. The molecule has 106 valence electrons. The molecule has 0 bridgehead atoms. The number of nitro groups is 1. The van der Waals surface area contributed by atoms with Crippen molar-refractivity contribution in [2.45, 2.75) is 5.91 Å². The number of benzene rings is 1. The van der Waals surface area contributed by atoms with Crippen LogP contribution in [0.3, 0.4) is 0 Å². The Hall–Kier alpha value is -1.67. The molecule has 0 aliphatic carbocycles. The summed E-state index contributed by atoms with van der Waals surface area (Å²) >= 11 is 0.738. The standard InChI is InChI=1S/C10H8FN2O5PS/c11-9(19(16,17)18)10-12-8(5-20-10)6-1-3-7(4-2-6)13(14)15/h1-5,9H,(H2,16,17,18)/p-1. The quantitative estimate of drug-likeness (QED) is 0.525. The minimum Gasteiger partial charge on any atom is -0.776 e. The van der Waals surface area contributed by atoms with E-state index in [1.807, 2.05) is 0 Å². The molecule has 7 nitrogen and oxygen atoms in total. The van der Waals surface area contributed by atoms with Crippen LogP contribution < -0.4 is 4.89 Å². The Morgan fingerprint density at radius 1 is 1.40 bits per heavy atom. The van der Waals surface area contributed by atoms with Crippen molar-refractivity contribution in [3.8, 4) is 11.3 Å². The topological polar surface area (TPSA) is 116 Å². The number of aromatic nitrogens is 1. The highest BCUT2D eigenvalue weighted by atomic mass is 32.1. The number of thiazole rings is 1. The van der Waals surface area contributed by atoms with Crippen LogP contribution in [-0.2, 0) is 4.57 Å². The smallest absolute Gasteiger partial charge is 0.269 e. The Balaban J connectivity index is 2.29. The Morgan fingerprint density at radius 3 is 2.50 bits per heavy atom. The second-order valence-electron chi connectivity index (χ2n) is 3.77. The zero-order chi connectivity index (χ0) is 14.9. The van der Waals surface area contributed by atoms with Crippen LogP contribution in [0.4, 0.5) is 10.1 Å². The highest BCUT2D eigenvalue weighted by Crippen LogP contribution is 2.50. The van der Waals surface area contributed by atoms with Gasteiger partial charge in [-0.05, 0) is 12.1 Å². The molecule has 2 unspecified atom stereocenters. The predicted octanol–water partition coefficient (Wildman–Crippen LogP) is 2.23. The molecule has 0 aliphatic rings. The Morgan fingerprint density at radius 2 is 2.00 bits per heavy atom. The van der Waals surface area contributed by atoms with E-state index in [2.05, 4.69) is 4.98 Å². The monoisotopic (exact) mass is 317 g/mol. The molecule has 1 aromatic heterocycles. The van der Waals surface area contributed by atoms with Gasteiger partial charge in [0.1, 0.15) is 5.01 Å². The highest BCUT2D eigenvalue weighted by Gasteiger charge is 2.25. The summed E-state index contributed by atoms with van der Waals surface area (Å²) in [6.45, 7) is 0. The van der Waals surface area contributed by atoms with Crippen LogP contribution in [0.15, 0.2) is 29.6 Å². The molecule has 2 aromatic rings. The number of halogens is 1. The average molecular weight is 317 g/mol. The molecule has 0 spiro atoms. The summed E-state index contributed by atoms with van der Waals surface area (Å²) in [4.78, 5) is 33.0. The van der Waals surface area contributed by atoms with Gasteiger partial charge in [0.05, 0.1) is 10.6 Å². The van der Waals surface area contributed by atoms with E-state index in [-0.39, 0.29) is 16.4 Å². The van der Waals surface area contributed by atoms with Crippen LogP contribution in [0, 0.1) is 10.1 Å². The van der Waals surface area contributed by atoms with Crippen molar-refractivity contribution < 1.29 is 23.7 Å². The summed E-state index contributed by atoms with van der Waals surface area (Å²) in [5.41, 5.74) is 0.645. The van der Waals surface area contributed by atoms with Gasteiger partial charge in [-0.15, -0.1) is 11.3 Å². The van der Waals surface area contributed by atoms with Gasteiger partial charge in [0.2, 0.25) is 5.91 Å². The Kier molecular flexibility index (Phi) is 3.96. The number of nitro benzene ring substituents is 1. The van der Waals surface area contributed by atoms with Crippen molar-refractivity contribution in [2.24, 2.45) is 0 Å². The third-order valence-corrected chi connectivity index (χ3v) is 4.26. The van der Waals surface area contributed by atoms with E-state index in [0.29, 0.717) is 5.56 Å². The van der Waals surface area contributed by atoms with Crippen molar-refractivity contribution >= 4 is 24.6 Å². The minimum absolute atomic E-state index is 0.105. The van der Waals surface area contributed by atoms with Crippen LogP contribution in [-0.4, -0.2) is 14.8 Å². The number of non-ortho nitro benzene ring substituents is 1. The Labute approximate surface area is 116 Å². The van der Waals surface area contributed by atoms with Gasteiger partial charge in [-0.1, -0.05) is 0 Å². The molecule has 0 fully saturated rings. The number of hydrogen-bond donors (Lipinski definition) is 1. The van der Waals surface area contributed by atoms with Gasteiger partial charge >= 0.3 is 0 Å². The lowest BCUT2D eigenvalue weighted by Crippen LogP contribution is -2.05. The molecule has 10 heteroatoms. The van der Waals surface area contributed by atoms with Crippen LogP contribution in [0.5, 0.6) is 0 Å². The average Bonchev–Trinajstić information content (AvgIpc) is 2.86. The predicted molar refractivity (Wildman–Crippen MR) is 67.9 cm³/mol. The second-order valence-corrected chi connectivity index (χ2v) is 6.25. The molecule has 2 atom stereocenters. The molecular formula is C10H7FN2O5PS-. The van der Waals surface area contributed by atoms with Gasteiger partial charge < -0.3 is 14.4 Å². The molecule has 0 saturated heterocycles. The molecular weight excluding hydrogens is 310 g/mol. The molecule has 0 radical (unpaired) electrons. The van der Waals surface area contributed by atoms with Crippen LogP contribution in [0.25, 0.3) is 11.3 Å². The summed E-state index contributed by atoms with van der Waals surface area (Å²) in [5, 5.41) is 11.5. The number of nitrogens with zero attached hydrogens (tertiary/aromatic N) is 2. The van der Waals surface area contributed by atoms with Crippen LogP contribution >= 0.6 is 18.9 Å². The van der Waals surface area contributed by atoms with Gasteiger partial charge in [0.25, 0.3) is 5.69 Å². The molecule has 0 saturated carbocycles. The van der Waals surface area contributed by atoms with Gasteiger partial charge in [-0.3, -0.25) is 10.1 Å². The SMILES string of the molecule is O=[N+]([O-])c1ccc(-c2csc(C(F)P(=O)([O-])O)n2)cc1. The molecule has 1 aromatic carbocycles. The van der Waals surface area contributed by atoms with E-state index in [1.165, 1.54) is 29.6 Å². The van der Waals surface area contributed by atoms with E-state index in [4.69, 9.17) is 4.89 Å². The van der Waals surface area contributed by atoms with E-state index < -0.39 is 18.4 Å². The van der Waals surface area contributed by atoms with Gasteiger partial charge in [-0.2, -0.15) is 0 Å². The Bertz CT molecular complexity index is 683. The third-order valence-electron chi connectivity index (χ3n) is 2.39.